The first kappa shape index (κ1) is 14.5. The van der Waals surface area contributed by atoms with Gasteiger partial charge in [-0.1, -0.05) is 6.58 Å². The van der Waals surface area contributed by atoms with E-state index in [-0.39, 0.29) is 0 Å². The minimum absolute atomic E-state index is 0.293. The van der Waals surface area contributed by atoms with Crippen molar-refractivity contribution in [1.82, 2.24) is 0 Å². The van der Waals surface area contributed by atoms with Crippen molar-refractivity contribution in [2.75, 3.05) is 6.61 Å². The van der Waals surface area contributed by atoms with E-state index in [4.69, 9.17) is 14.6 Å². The van der Waals surface area contributed by atoms with Gasteiger partial charge in [-0.3, -0.25) is 0 Å². The summed E-state index contributed by atoms with van der Waals surface area (Å²) in [6, 6.07) is 0. The molecule has 0 aromatic rings. The van der Waals surface area contributed by atoms with Crippen LogP contribution in [0.5, 0.6) is 0 Å². The van der Waals surface area contributed by atoms with Crippen molar-refractivity contribution < 1.29 is 35.0 Å². The second-order valence-corrected chi connectivity index (χ2v) is 4.03. The van der Waals surface area contributed by atoms with Crippen molar-refractivity contribution in [3.8, 4) is 0 Å². The summed E-state index contributed by atoms with van der Waals surface area (Å²) in [7, 11) is 0. The van der Waals surface area contributed by atoms with E-state index in [0.717, 1.165) is 0 Å². The van der Waals surface area contributed by atoms with Gasteiger partial charge >= 0.3 is 0 Å². The Morgan fingerprint density at radius 3 is 2.35 bits per heavy atom. The third kappa shape index (κ3) is 3.23. The van der Waals surface area contributed by atoms with E-state index in [0.29, 0.717) is 5.57 Å². The maximum Gasteiger partial charge on any atom is 0.190 e. The Labute approximate surface area is 98.5 Å². The van der Waals surface area contributed by atoms with Crippen LogP contribution in [0.3, 0.4) is 0 Å². The van der Waals surface area contributed by atoms with E-state index < -0.39 is 43.6 Å². The first-order valence-corrected chi connectivity index (χ1v) is 5.18. The molecule has 0 radical (unpaired) electrons. The maximum absolute atomic E-state index is 9.57. The van der Waals surface area contributed by atoms with E-state index in [1.807, 2.05) is 0 Å². The number of ether oxygens (including phenoxy) is 2. The molecule has 0 spiro atoms. The number of aliphatic hydroxyl groups excluding tert-OH is 5. The lowest BCUT2D eigenvalue weighted by molar-refractivity contribution is -0.326. The molecule has 7 nitrogen and oxygen atoms in total. The highest BCUT2D eigenvalue weighted by Crippen LogP contribution is 2.23. The van der Waals surface area contributed by atoms with Crippen LogP contribution < -0.4 is 0 Å². The lowest BCUT2D eigenvalue weighted by atomic mass is 9.99. The van der Waals surface area contributed by atoms with E-state index in [2.05, 4.69) is 6.58 Å². The van der Waals surface area contributed by atoms with Crippen molar-refractivity contribution >= 4 is 0 Å². The van der Waals surface area contributed by atoms with Gasteiger partial charge in [-0.25, -0.2) is 0 Å². The Morgan fingerprint density at radius 2 is 1.88 bits per heavy atom. The topological polar surface area (TPSA) is 120 Å². The highest BCUT2D eigenvalue weighted by molar-refractivity contribution is 4.94. The third-order valence-electron chi connectivity index (χ3n) is 2.53. The molecule has 100 valence electrons. The van der Waals surface area contributed by atoms with Crippen LogP contribution in [0.25, 0.3) is 0 Å². The van der Waals surface area contributed by atoms with Crippen molar-refractivity contribution in [3.63, 3.8) is 0 Å². The maximum atomic E-state index is 9.57. The third-order valence-corrected chi connectivity index (χ3v) is 2.53. The normalized spacial score (nSPS) is 40.0. The molecule has 1 fully saturated rings. The lowest BCUT2D eigenvalue weighted by Gasteiger charge is -2.40. The second kappa shape index (κ2) is 5.87. The standard InChI is InChI=1S/C10H18O7/c1-4(2)9(15)17-10-8(14)7(13)6(12)5(3-11)16-10/h5-15H,1,3H2,2H3/t5?,6-,7?,8?,9?,10+/m1/s1. The Balaban J connectivity index is 2.68. The van der Waals surface area contributed by atoms with E-state index in [1.165, 1.54) is 6.92 Å². The van der Waals surface area contributed by atoms with Gasteiger partial charge in [0.1, 0.15) is 24.4 Å². The van der Waals surface area contributed by atoms with Crippen LogP contribution in [0.15, 0.2) is 12.2 Å². The minimum atomic E-state index is -1.53. The predicted molar refractivity (Wildman–Crippen MR) is 55.7 cm³/mol. The zero-order chi connectivity index (χ0) is 13.2. The van der Waals surface area contributed by atoms with Gasteiger partial charge in [-0.05, 0) is 12.5 Å². The summed E-state index contributed by atoms with van der Waals surface area (Å²) in [4.78, 5) is 0. The Bertz CT molecular complexity index is 267. The molecule has 4 unspecified atom stereocenters. The van der Waals surface area contributed by atoms with Crippen LogP contribution in [-0.2, 0) is 9.47 Å². The minimum Gasteiger partial charge on any atom is -0.394 e. The van der Waals surface area contributed by atoms with Crippen LogP contribution in [0.2, 0.25) is 0 Å². The van der Waals surface area contributed by atoms with Gasteiger partial charge in [0, 0.05) is 0 Å². The molecular weight excluding hydrogens is 232 g/mol. The average Bonchev–Trinajstić information content (AvgIpc) is 2.29. The monoisotopic (exact) mass is 250 g/mol. The largest absolute Gasteiger partial charge is 0.394 e. The SMILES string of the molecule is C=C(C)C(O)O[C@@H]1OC(CO)[C@@H](O)C(O)C1O. The first-order valence-electron chi connectivity index (χ1n) is 5.18. The molecule has 0 amide bonds. The first-order chi connectivity index (χ1) is 7.88. The molecule has 0 saturated carbocycles. The van der Waals surface area contributed by atoms with Gasteiger partial charge in [0.25, 0.3) is 0 Å². The molecule has 1 rings (SSSR count). The fraction of sp³-hybridized carbons (Fsp3) is 0.800. The van der Waals surface area contributed by atoms with Crippen LogP contribution in [0.4, 0.5) is 0 Å². The summed E-state index contributed by atoms with van der Waals surface area (Å²) in [5.41, 5.74) is 0.293. The fourth-order valence-electron chi connectivity index (χ4n) is 1.42. The van der Waals surface area contributed by atoms with Gasteiger partial charge in [0.2, 0.25) is 0 Å². The average molecular weight is 250 g/mol. The second-order valence-electron chi connectivity index (χ2n) is 4.03. The van der Waals surface area contributed by atoms with Crippen molar-refractivity contribution in [3.05, 3.63) is 12.2 Å². The number of aliphatic hydroxyl groups is 5. The molecule has 0 aromatic heterocycles. The predicted octanol–water partition coefficient (Wildman–Crippen LogP) is -2.30. The molecule has 17 heavy (non-hydrogen) atoms. The number of hydrogen-bond acceptors (Lipinski definition) is 7. The molecule has 6 atom stereocenters. The highest BCUT2D eigenvalue weighted by Gasteiger charge is 2.44. The summed E-state index contributed by atoms with van der Waals surface area (Å²) in [6.07, 6.45) is -8.27. The summed E-state index contributed by atoms with van der Waals surface area (Å²) in [5, 5.41) is 46.8. The van der Waals surface area contributed by atoms with Gasteiger partial charge in [-0.2, -0.15) is 0 Å². The smallest absolute Gasteiger partial charge is 0.190 e. The highest BCUT2D eigenvalue weighted by atomic mass is 16.7. The number of hydrogen-bond donors (Lipinski definition) is 5. The Hall–Kier alpha value is -0.540. The van der Waals surface area contributed by atoms with Crippen LogP contribution in [-0.4, -0.2) is 69.1 Å². The van der Waals surface area contributed by atoms with Crippen LogP contribution >= 0.6 is 0 Å². The summed E-state index contributed by atoms with van der Waals surface area (Å²) in [5.74, 6) is 0. The number of rotatable bonds is 4. The Kier molecular flexibility index (Phi) is 5.02. The summed E-state index contributed by atoms with van der Waals surface area (Å²) < 4.78 is 9.94. The van der Waals surface area contributed by atoms with Crippen molar-refractivity contribution in [2.45, 2.75) is 43.9 Å². The quantitative estimate of drug-likeness (QED) is 0.281. The molecule has 0 aliphatic carbocycles. The van der Waals surface area contributed by atoms with Crippen molar-refractivity contribution in [1.29, 1.82) is 0 Å². The van der Waals surface area contributed by atoms with E-state index in [1.54, 1.807) is 0 Å². The molecule has 0 bridgehead atoms. The summed E-state index contributed by atoms with van der Waals surface area (Å²) in [6.45, 7) is 4.41. The molecule has 7 heteroatoms. The zero-order valence-corrected chi connectivity index (χ0v) is 9.43. The van der Waals surface area contributed by atoms with Gasteiger partial charge in [0.15, 0.2) is 12.6 Å². The van der Waals surface area contributed by atoms with E-state index >= 15 is 0 Å². The van der Waals surface area contributed by atoms with Gasteiger partial charge < -0.3 is 35.0 Å². The fourth-order valence-corrected chi connectivity index (χ4v) is 1.42. The molecule has 5 N–H and O–H groups in total. The summed E-state index contributed by atoms with van der Waals surface area (Å²) >= 11 is 0. The molecule has 1 saturated heterocycles. The van der Waals surface area contributed by atoms with Gasteiger partial charge in [-0.15, -0.1) is 0 Å². The van der Waals surface area contributed by atoms with Gasteiger partial charge in [0.05, 0.1) is 6.61 Å². The Morgan fingerprint density at radius 1 is 1.29 bits per heavy atom. The van der Waals surface area contributed by atoms with Crippen LogP contribution in [0.1, 0.15) is 6.92 Å². The molecule has 1 heterocycles. The molecule has 0 aromatic carbocycles. The molecule has 1 aliphatic heterocycles. The molecule has 1 aliphatic rings. The van der Waals surface area contributed by atoms with E-state index in [9.17, 15) is 20.4 Å². The van der Waals surface area contributed by atoms with Crippen molar-refractivity contribution in [2.24, 2.45) is 0 Å². The van der Waals surface area contributed by atoms with Crippen LogP contribution in [0, 0.1) is 0 Å². The molecular formula is C10H18O7. The lowest BCUT2D eigenvalue weighted by Crippen LogP contribution is -2.59. The zero-order valence-electron chi connectivity index (χ0n) is 9.43.